The summed E-state index contributed by atoms with van der Waals surface area (Å²) in [5, 5.41) is 10.2. The molecule has 0 aliphatic carbocycles. The molecule has 0 saturated heterocycles. The molecule has 0 saturated carbocycles. The minimum Gasteiger partial charge on any atom is -0.355 e. The third kappa shape index (κ3) is 5.88. The fourth-order valence-corrected chi connectivity index (χ4v) is 1.89. The van der Waals surface area contributed by atoms with Crippen molar-refractivity contribution in [2.75, 3.05) is 13.1 Å². The maximum atomic E-state index is 11.4. The van der Waals surface area contributed by atoms with Crippen molar-refractivity contribution in [1.29, 1.82) is 0 Å². The molecule has 0 spiro atoms. The van der Waals surface area contributed by atoms with Gasteiger partial charge in [0.25, 0.3) is 0 Å². The minimum atomic E-state index is -0.00923. The van der Waals surface area contributed by atoms with Crippen molar-refractivity contribution in [3.8, 4) is 0 Å². The molecule has 1 rings (SSSR count). The number of rotatable bonds is 5. The summed E-state index contributed by atoms with van der Waals surface area (Å²) in [6.45, 7) is 7.23. The second-order valence-corrected chi connectivity index (χ2v) is 5.62. The van der Waals surface area contributed by atoms with Gasteiger partial charge >= 0.3 is 0 Å². The smallest absolute Gasteiger partial charge is 0.233 e. The molecular formula is C12H20N2OS. The molecule has 0 fully saturated rings. The molecule has 0 aromatic carbocycles. The third-order valence-electron chi connectivity index (χ3n) is 2.10. The fraction of sp³-hybridized carbons (Fsp3) is 0.583. The van der Waals surface area contributed by atoms with Crippen LogP contribution in [0.5, 0.6) is 0 Å². The first kappa shape index (κ1) is 13.2. The van der Waals surface area contributed by atoms with E-state index in [4.69, 9.17) is 0 Å². The van der Waals surface area contributed by atoms with Gasteiger partial charge < -0.3 is 10.6 Å². The van der Waals surface area contributed by atoms with Crippen LogP contribution in [0.25, 0.3) is 0 Å². The highest BCUT2D eigenvalue weighted by atomic mass is 32.1. The van der Waals surface area contributed by atoms with Crippen molar-refractivity contribution in [3.05, 3.63) is 22.4 Å². The van der Waals surface area contributed by atoms with E-state index in [0.29, 0.717) is 13.1 Å². The maximum absolute atomic E-state index is 11.4. The summed E-state index contributed by atoms with van der Waals surface area (Å²) in [5.41, 5.74) is 1.28. The Kier molecular flexibility index (Phi) is 4.96. The van der Waals surface area contributed by atoms with E-state index in [0.717, 1.165) is 6.42 Å². The Hall–Kier alpha value is -0.870. The Bertz CT molecular complexity index is 314. The molecule has 0 aliphatic heterocycles. The van der Waals surface area contributed by atoms with Crippen LogP contribution in [-0.2, 0) is 11.2 Å². The molecule has 2 N–H and O–H groups in total. The van der Waals surface area contributed by atoms with Crippen LogP contribution < -0.4 is 10.6 Å². The van der Waals surface area contributed by atoms with Gasteiger partial charge in [0.15, 0.2) is 0 Å². The molecular weight excluding hydrogens is 220 g/mol. The summed E-state index contributed by atoms with van der Waals surface area (Å²) in [5.74, 6) is 0.0603. The molecule has 4 heteroatoms. The first-order valence-electron chi connectivity index (χ1n) is 5.50. The van der Waals surface area contributed by atoms with Crippen LogP contribution in [0.4, 0.5) is 0 Å². The number of thiophene rings is 1. The fourth-order valence-electron chi connectivity index (χ4n) is 1.19. The number of amides is 1. The van der Waals surface area contributed by atoms with Crippen molar-refractivity contribution in [3.63, 3.8) is 0 Å². The summed E-state index contributed by atoms with van der Waals surface area (Å²) in [7, 11) is 0. The lowest BCUT2D eigenvalue weighted by atomic mass is 10.1. The van der Waals surface area contributed by atoms with Crippen LogP contribution in [0.1, 0.15) is 26.3 Å². The Labute approximate surface area is 101 Å². The van der Waals surface area contributed by atoms with Gasteiger partial charge in [-0.05, 0) is 49.6 Å². The standard InChI is InChI=1S/C12H20N2OS/c1-12(2,3)14-8-11(15)13-6-4-10-5-7-16-9-10/h5,7,9,14H,4,6,8H2,1-3H3,(H,13,15). The maximum Gasteiger partial charge on any atom is 0.233 e. The van der Waals surface area contributed by atoms with E-state index in [9.17, 15) is 4.79 Å². The second kappa shape index (κ2) is 6.01. The first-order chi connectivity index (χ1) is 7.47. The lowest BCUT2D eigenvalue weighted by molar-refractivity contribution is -0.120. The molecule has 3 nitrogen and oxygen atoms in total. The monoisotopic (exact) mass is 240 g/mol. The Morgan fingerprint density at radius 1 is 1.44 bits per heavy atom. The number of hydrogen-bond donors (Lipinski definition) is 2. The van der Waals surface area contributed by atoms with Crippen molar-refractivity contribution >= 4 is 17.2 Å². The minimum absolute atomic E-state index is 0.00923. The number of carbonyl (C=O) groups is 1. The molecule has 1 aromatic rings. The average molecular weight is 240 g/mol. The molecule has 0 atom stereocenters. The largest absolute Gasteiger partial charge is 0.355 e. The van der Waals surface area contributed by atoms with E-state index in [1.807, 2.05) is 20.8 Å². The Morgan fingerprint density at radius 2 is 2.19 bits per heavy atom. The van der Waals surface area contributed by atoms with E-state index >= 15 is 0 Å². The van der Waals surface area contributed by atoms with Crippen LogP contribution in [0.3, 0.4) is 0 Å². The molecule has 0 radical (unpaired) electrons. The van der Waals surface area contributed by atoms with Crippen LogP contribution in [-0.4, -0.2) is 24.5 Å². The van der Waals surface area contributed by atoms with E-state index in [1.54, 1.807) is 11.3 Å². The Balaban J connectivity index is 2.11. The normalized spacial score (nSPS) is 11.4. The van der Waals surface area contributed by atoms with Crippen LogP contribution in [0.2, 0.25) is 0 Å². The lowest BCUT2D eigenvalue weighted by Crippen LogP contribution is -2.43. The number of nitrogens with one attached hydrogen (secondary N) is 2. The SMILES string of the molecule is CC(C)(C)NCC(=O)NCCc1ccsc1. The zero-order valence-corrected chi connectivity index (χ0v) is 11.0. The highest BCUT2D eigenvalue weighted by molar-refractivity contribution is 7.07. The second-order valence-electron chi connectivity index (χ2n) is 4.84. The molecule has 0 aliphatic rings. The lowest BCUT2D eigenvalue weighted by Gasteiger charge is -2.19. The molecule has 16 heavy (non-hydrogen) atoms. The van der Waals surface area contributed by atoms with Gasteiger partial charge in [0.05, 0.1) is 6.54 Å². The summed E-state index contributed by atoms with van der Waals surface area (Å²) in [6.07, 6.45) is 0.907. The first-order valence-corrected chi connectivity index (χ1v) is 6.44. The van der Waals surface area contributed by atoms with E-state index < -0.39 is 0 Å². The highest BCUT2D eigenvalue weighted by Gasteiger charge is 2.10. The van der Waals surface area contributed by atoms with Gasteiger partial charge in [-0.15, -0.1) is 0 Å². The zero-order chi connectivity index (χ0) is 12.0. The average Bonchev–Trinajstić information content (AvgIpc) is 2.66. The number of carbonyl (C=O) groups excluding carboxylic acids is 1. The van der Waals surface area contributed by atoms with Crippen molar-refractivity contribution in [2.45, 2.75) is 32.7 Å². The molecule has 1 amide bonds. The van der Waals surface area contributed by atoms with Crippen molar-refractivity contribution < 1.29 is 4.79 Å². The molecule has 90 valence electrons. The van der Waals surface area contributed by atoms with Gasteiger partial charge in [0.2, 0.25) is 5.91 Å². The van der Waals surface area contributed by atoms with Gasteiger partial charge in [-0.3, -0.25) is 4.79 Å². The summed E-state index contributed by atoms with van der Waals surface area (Å²) < 4.78 is 0. The number of hydrogen-bond acceptors (Lipinski definition) is 3. The van der Waals surface area contributed by atoms with E-state index in [2.05, 4.69) is 27.5 Å². The highest BCUT2D eigenvalue weighted by Crippen LogP contribution is 2.05. The quantitative estimate of drug-likeness (QED) is 0.824. The van der Waals surface area contributed by atoms with Crippen molar-refractivity contribution in [1.82, 2.24) is 10.6 Å². The van der Waals surface area contributed by atoms with Gasteiger partial charge in [0, 0.05) is 12.1 Å². The van der Waals surface area contributed by atoms with Gasteiger partial charge in [-0.2, -0.15) is 11.3 Å². The molecule has 1 aromatic heterocycles. The summed E-state index contributed by atoms with van der Waals surface area (Å²) >= 11 is 1.69. The Morgan fingerprint density at radius 3 is 2.75 bits per heavy atom. The summed E-state index contributed by atoms with van der Waals surface area (Å²) in [4.78, 5) is 11.4. The van der Waals surface area contributed by atoms with Crippen LogP contribution in [0.15, 0.2) is 16.8 Å². The van der Waals surface area contributed by atoms with E-state index in [-0.39, 0.29) is 11.4 Å². The predicted molar refractivity (Wildman–Crippen MR) is 68.8 cm³/mol. The molecule has 0 bridgehead atoms. The third-order valence-corrected chi connectivity index (χ3v) is 2.83. The molecule has 0 unspecified atom stereocenters. The van der Waals surface area contributed by atoms with Crippen LogP contribution >= 0.6 is 11.3 Å². The summed E-state index contributed by atoms with van der Waals surface area (Å²) in [6, 6.07) is 2.09. The van der Waals surface area contributed by atoms with Gasteiger partial charge in [0.1, 0.15) is 0 Å². The van der Waals surface area contributed by atoms with Gasteiger partial charge in [-0.1, -0.05) is 0 Å². The van der Waals surface area contributed by atoms with E-state index in [1.165, 1.54) is 5.56 Å². The van der Waals surface area contributed by atoms with Gasteiger partial charge in [-0.25, -0.2) is 0 Å². The zero-order valence-electron chi connectivity index (χ0n) is 10.2. The van der Waals surface area contributed by atoms with Crippen molar-refractivity contribution in [2.24, 2.45) is 0 Å². The molecule has 1 heterocycles. The predicted octanol–water partition coefficient (Wildman–Crippen LogP) is 1.79. The topological polar surface area (TPSA) is 41.1 Å². The van der Waals surface area contributed by atoms with Crippen LogP contribution in [0, 0.1) is 0 Å².